The fraction of sp³-hybridized carbons (Fsp3) is 0.381. The first-order valence-electron chi connectivity index (χ1n) is 9.29. The summed E-state index contributed by atoms with van der Waals surface area (Å²) in [5.41, 5.74) is 3.36. The Kier molecular flexibility index (Phi) is 7.56. The van der Waals surface area contributed by atoms with Gasteiger partial charge in [-0.1, -0.05) is 37.6 Å². The van der Waals surface area contributed by atoms with Crippen molar-refractivity contribution in [3.05, 3.63) is 65.2 Å². The van der Waals surface area contributed by atoms with E-state index in [4.69, 9.17) is 0 Å². The predicted molar refractivity (Wildman–Crippen MR) is 110 cm³/mol. The van der Waals surface area contributed by atoms with Crippen LogP contribution in [-0.2, 0) is 23.0 Å². The number of carbonyl (C=O) groups excluding carboxylic acids is 1. The maximum Gasteiger partial charge on any atom is 0.255 e. The summed E-state index contributed by atoms with van der Waals surface area (Å²) in [6.07, 6.45) is 3.37. The number of benzene rings is 2. The van der Waals surface area contributed by atoms with Crippen molar-refractivity contribution in [3.63, 3.8) is 0 Å². The summed E-state index contributed by atoms with van der Waals surface area (Å²) in [5.74, 6) is -0.189. The van der Waals surface area contributed by atoms with Crippen LogP contribution < -0.4 is 10.0 Å². The van der Waals surface area contributed by atoms with Gasteiger partial charge in [0, 0.05) is 17.8 Å². The van der Waals surface area contributed by atoms with Crippen molar-refractivity contribution < 1.29 is 13.2 Å². The van der Waals surface area contributed by atoms with E-state index >= 15 is 0 Å². The van der Waals surface area contributed by atoms with E-state index in [1.165, 1.54) is 5.56 Å². The minimum absolute atomic E-state index is 0.189. The second-order valence-electron chi connectivity index (χ2n) is 6.87. The fourth-order valence-corrected chi connectivity index (χ4v) is 3.16. The van der Waals surface area contributed by atoms with E-state index in [0.717, 1.165) is 30.5 Å². The van der Waals surface area contributed by atoms with Gasteiger partial charge in [0.2, 0.25) is 10.0 Å². The van der Waals surface area contributed by atoms with Crippen molar-refractivity contribution in [2.75, 3.05) is 5.32 Å². The van der Waals surface area contributed by atoms with Crippen LogP contribution in [0.4, 0.5) is 5.69 Å². The normalized spacial score (nSPS) is 11.6. The van der Waals surface area contributed by atoms with Crippen molar-refractivity contribution in [3.8, 4) is 0 Å². The molecule has 6 heteroatoms. The van der Waals surface area contributed by atoms with Crippen molar-refractivity contribution in [1.29, 1.82) is 0 Å². The molecule has 0 aromatic heterocycles. The predicted octanol–water partition coefficient (Wildman–Crippen LogP) is 4.11. The molecular weight excluding hydrogens is 360 g/mol. The van der Waals surface area contributed by atoms with Gasteiger partial charge in [-0.25, -0.2) is 13.1 Å². The molecular formula is C21H28N2O3S. The summed E-state index contributed by atoms with van der Waals surface area (Å²) in [6, 6.07) is 14.8. The molecule has 146 valence electrons. The van der Waals surface area contributed by atoms with Crippen molar-refractivity contribution in [2.45, 2.75) is 51.8 Å². The molecule has 0 unspecified atom stereocenters. The highest BCUT2D eigenvalue weighted by Gasteiger charge is 2.15. The van der Waals surface area contributed by atoms with Gasteiger partial charge in [-0.05, 0) is 62.1 Å². The number of carbonyl (C=O) groups is 1. The molecule has 2 aromatic carbocycles. The molecule has 5 nitrogen and oxygen atoms in total. The van der Waals surface area contributed by atoms with Crippen LogP contribution in [0.5, 0.6) is 0 Å². The smallest absolute Gasteiger partial charge is 0.255 e. The van der Waals surface area contributed by atoms with Gasteiger partial charge < -0.3 is 5.32 Å². The second-order valence-corrected chi connectivity index (χ2v) is 9.19. The van der Waals surface area contributed by atoms with Gasteiger partial charge in [0.25, 0.3) is 5.91 Å². The molecule has 0 fully saturated rings. The Balaban J connectivity index is 1.93. The molecule has 0 radical (unpaired) electrons. The fourth-order valence-electron chi connectivity index (χ4n) is 2.46. The van der Waals surface area contributed by atoms with E-state index in [1.54, 1.807) is 38.1 Å². The lowest BCUT2D eigenvalue weighted by atomic mass is 10.1. The van der Waals surface area contributed by atoms with Gasteiger partial charge in [0.1, 0.15) is 0 Å². The summed E-state index contributed by atoms with van der Waals surface area (Å²) in [4.78, 5) is 12.4. The van der Waals surface area contributed by atoms with Gasteiger partial charge in [0.05, 0.1) is 5.25 Å². The first kappa shape index (κ1) is 21.1. The SMILES string of the molecule is CCCCc1ccc(NC(=O)c2ccc(CNS(=O)(=O)C(C)C)cc2)cc1. The third-order valence-electron chi connectivity index (χ3n) is 4.35. The number of aryl methyl sites for hydroxylation is 1. The van der Waals surface area contributed by atoms with E-state index in [9.17, 15) is 13.2 Å². The lowest BCUT2D eigenvalue weighted by Gasteiger charge is -2.10. The highest BCUT2D eigenvalue weighted by molar-refractivity contribution is 7.90. The quantitative estimate of drug-likeness (QED) is 0.679. The molecule has 2 N–H and O–H groups in total. The number of amides is 1. The Labute approximate surface area is 162 Å². The average molecular weight is 389 g/mol. The minimum Gasteiger partial charge on any atom is -0.322 e. The van der Waals surface area contributed by atoms with Crippen LogP contribution in [0.1, 0.15) is 55.1 Å². The van der Waals surface area contributed by atoms with Crippen LogP contribution in [0, 0.1) is 0 Å². The van der Waals surface area contributed by atoms with Gasteiger partial charge in [-0.3, -0.25) is 4.79 Å². The van der Waals surface area contributed by atoms with Crippen molar-refractivity contribution in [1.82, 2.24) is 4.72 Å². The molecule has 0 spiro atoms. The van der Waals surface area contributed by atoms with Gasteiger partial charge in [-0.15, -0.1) is 0 Å². The Morgan fingerprint density at radius 3 is 2.11 bits per heavy atom. The standard InChI is InChI=1S/C21H28N2O3S/c1-4-5-6-17-9-13-20(14-10-17)23-21(24)19-11-7-18(8-12-19)15-22-27(25,26)16(2)3/h7-14,16,22H,4-6,15H2,1-3H3,(H,23,24). The summed E-state index contributed by atoms with van der Waals surface area (Å²) in [6.45, 7) is 5.64. The van der Waals surface area contributed by atoms with E-state index in [2.05, 4.69) is 17.0 Å². The Morgan fingerprint density at radius 1 is 0.963 bits per heavy atom. The molecule has 2 aromatic rings. The zero-order chi connectivity index (χ0) is 19.9. The van der Waals surface area contributed by atoms with Crippen LogP contribution in [0.15, 0.2) is 48.5 Å². The number of hydrogen-bond acceptors (Lipinski definition) is 3. The van der Waals surface area contributed by atoms with Crippen LogP contribution in [0.3, 0.4) is 0 Å². The molecule has 0 saturated carbocycles. The number of sulfonamides is 1. The van der Waals surface area contributed by atoms with Crippen LogP contribution >= 0.6 is 0 Å². The van der Waals surface area contributed by atoms with E-state index in [-0.39, 0.29) is 12.5 Å². The molecule has 2 rings (SSSR count). The average Bonchev–Trinajstić information content (AvgIpc) is 2.66. The molecule has 1 amide bonds. The highest BCUT2D eigenvalue weighted by Crippen LogP contribution is 2.14. The number of rotatable bonds is 9. The molecule has 27 heavy (non-hydrogen) atoms. The van der Waals surface area contributed by atoms with Gasteiger partial charge in [0.15, 0.2) is 0 Å². The number of nitrogens with one attached hydrogen (secondary N) is 2. The molecule has 0 aliphatic rings. The molecule has 0 aliphatic heterocycles. The maximum atomic E-state index is 12.4. The van der Waals surface area contributed by atoms with E-state index in [0.29, 0.717) is 5.56 Å². The molecule has 0 heterocycles. The lowest BCUT2D eigenvalue weighted by Crippen LogP contribution is -2.30. The van der Waals surface area contributed by atoms with Crippen LogP contribution in [0.25, 0.3) is 0 Å². The number of hydrogen-bond donors (Lipinski definition) is 2. The molecule has 0 aliphatic carbocycles. The first-order chi connectivity index (χ1) is 12.8. The number of unbranched alkanes of at least 4 members (excludes halogenated alkanes) is 1. The molecule has 0 bridgehead atoms. The van der Waals surface area contributed by atoms with Crippen molar-refractivity contribution >= 4 is 21.6 Å². The van der Waals surface area contributed by atoms with Gasteiger partial charge >= 0.3 is 0 Å². The molecule has 0 atom stereocenters. The summed E-state index contributed by atoms with van der Waals surface area (Å²) >= 11 is 0. The minimum atomic E-state index is -3.30. The van der Waals surface area contributed by atoms with Crippen LogP contribution in [-0.4, -0.2) is 19.6 Å². The maximum absolute atomic E-state index is 12.4. The van der Waals surface area contributed by atoms with Crippen LogP contribution in [0.2, 0.25) is 0 Å². The van der Waals surface area contributed by atoms with Crippen molar-refractivity contribution in [2.24, 2.45) is 0 Å². The zero-order valence-electron chi connectivity index (χ0n) is 16.2. The first-order valence-corrected chi connectivity index (χ1v) is 10.8. The molecule has 0 saturated heterocycles. The van der Waals surface area contributed by atoms with Gasteiger partial charge in [-0.2, -0.15) is 0 Å². The summed E-state index contributed by atoms with van der Waals surface area (Å²) in [7, 11) is -3.30. The zero-order valence-corrected chi connectivity index (χ0v) is 17.0. The number of anilines is 1. The Bertz CT molecular complexity index is 842. The van der Waals surface area contributed by atoms with E-state index < -0.39 is 15.3 Å². The third-order valence-corrected chi connectivity index (χ3v) is 6.13. The van der Waals surface area contributed by atoms with E-state index in [1.807, 2.05) is 24.3 Å². The summed E-state index contributed by atoms with van der Waals surface area (Å²) < 4.78 is 26.1. The monoisotopic (exact) mass is 388 g/mol. The largest absolute Gasteiger partial charge is 0.322 e. The highest BCUT2D eigenvalue weighted by atomic mass is 32.2. The third kappa shape index (κ3) is 6.48. The lowest BCUT2D eigenvalue weighted by molar-refractivity contribution is 0.102. The summed E-state index contributed by atoms with van der Waals surface area (Å²) in [5, 5.41) is 2.41. The Hall–Kier alpha value is -2.18. The Morgan fingerprint density at radius 2 is 1.56 bits per heavy atom. The topological polar surface area (TPSA) is 75.3 Å². The second kappa shape index (κ2) is 9.67.